The van der Waals surface area contributed by atoms with Gasteiger partial charge in [0.2, 0.25) is 5.91 Å². The molecule has 1 fully saturated rings. The van der Waals surface area contributed by atoms with Crippen molar-refractivity contribution in [2.24, 2.45) is 5.92 Å². The molecule has 0 spiro atoms. The summed E-state index contributed by atoms with van der Waals surface area (Å²) in [6.45, 7) is 0.913. The van der Waals surface area contributed by atoms with E-state index < -0.39 is 5.91 Å². The van der Waals surface area contributed by atoms with Gasteiger partial charge in [-0.25, -0.2) is 0 Å². The first kappa shape index (κ1) is 17.1. The molecule has 0 aliphatic heterocycles. The van der Waals surface area contributed by atoms with E-state index in [0.717, 1.165) is 24.8 Å². The highest BCUT2D eigenvalue weighted by molar-refractivity contribution is 5.89. The largest absolute Gasteiger partial charge is 0.345 e. The summed E-state index contributed by atoms with van der Waals surface area (Å²) < 4.78 is 5.01. The van der Waals surface area contributed by atoms with Crippen LogP contribution in [0.15, 0.2) is 34.9 Å². The lowest BCUT2D eigenvalue weighted by molar-refractivity contribution is -0.136. The predicted octanol–water partition coefficient (Wildman–Crippen LogP) is 1.80. The van der Waals surface area contributed by atoms with E-state index in [-0.39, 0.29) is 17.7 Å². The van der Waals surface area contributed by atoms with Crippen LogP contribution < -0.4 is 5.32 Å². The van der Waals surface area contributed by atoms with Gasteiger partial charge >= 0.3 is 11.8 Å². The van der Waals surface area contributed by atoms with Crippen molar-refractivity contribution in [2.75, 3.05) is 13.6 Å². The van der Waals surface area contributed by atoms with E-state index in [1.54, 1.807) is 11.9 Å². The second-order valence-corrected chi connectivity index (χ2v) is 6.32. The van der Waals surface area contributed by atoms with Gasteiger partial charge in [-0.15, -0.1) is 0 Å². The normalized spacial score (nSPS) is 14.0. The molecule has 1 saturated carbocycles. The van der Waals surface area contributed by atoms with Gasteiger partial charge in [0.15, 0.2) is 5.82 Å². The van der Waals surface area contributed by atoms with Gasteiger partial charge in [0.1, 0.15) is 0 Å². The number of rotatable bonds is 7. The first-order valence-corrected chi connectivity index (χ1v) is 8.53. The molecule has 7 heteroatoms. The summed E-state index contributed by atoms with van der Waals surface area (Å²) >= 11 is 0. The van der Waals surface area contributed by atoms with Crippen molar-refractivity contribution < 1.29 is 14.1 Å². The zero-order chi connectivity index (χ0) is 17.6. The van der Waals surface area contributed by atoms with Crippen molar-refractivity contribution in [1.29, 1.82) is 0 Å². The summed E-state index contributed by atoms with van der Waals surface area (Å²) in [6, 6.07) is 9.59. The molecule has 25 heavy (non-hydrogen) atoms. The number of benzene rings is 1. The van der Waals surface area contributed by atoms with Crippen molar-refractivity contribution in [3.8, 4) is 0 Å². The van der Waals surface area contributed by atoms with Crippen LogP contribution in [0, 0.1) is 5.92 Å². The topological polar surface area (TPSA) is 88.3 Å². The van der Waals surface area contributed by atoms with Gasteiger partial charge in [0.25, 0.3) is 0 Å². The second kappa shape index (κ2) is 7.92. The third-order valence-corrected chi connectivity index (χ3v) is 4.46. The maximum absolute atomic E-state index is 12.1. The molecular weight excluding hydrogens is 320 g/mol. The van der Waals surface area contributed by atoms with Crippen LogP contribution in [0.25, 0.3) is 0 Å². The van der Waals surface area contributed by atoms with Crippen molar-refractivity contribution >= 4 is 11.8 Å². The molecule has 2 aromatic rings. The maximum Gasteiger partial charge on any atom is 0.315 e. The van der Waals surface area contributed by atoms with Crippen molar-refractivity contribution in [3.05, 3.63) is 47.6 Å². The summed E-state index contributed by atoms with van der Waals surface area (Å²) in [5, 5.41) is 6.56. The number of hydrogen-bond donors (Lipinski definition) is 1. The predicted molar refractivity (Wildman–Crippen MR) is 90.6 cm³/mol. The van der Waals surface area contributed by atoms with Crippen molar-refractivity contribution in [3.63, 3.8) is 0 Å². The van der Waals surface area contributed by atoms with Crippen LogP contribution in [0.1, 0.15) is 41.3 Å². The molecule has 0 unspecified atom stereocenters. The molecular formula is C18H22N4O3. The summed E-state index contributed by atoms with van der Waals surface area (Å²) in [7, 11) is 1.79. The van der Waals surface area contributed by atoms with Gasteiger partial charge < -0.3 is 14.7 Å². The highest BCUT2D eigenvalue weighted by Gasteiger charge is 2.27. The summed E-state index contributed by atoms with van der Waals surface area (Å²) in [6.07, 6.45) is 3.56. The maximum atomic E-state index is 12.1. The standard InChI is InChI=1S/C18H22N4O3/c1-22(18(24)14-8-5-9-14)11-10-15-20-17(25-21-15)16(23)19-12-13-6-3-2-4-7-13/h2-4,6-7,14H,5,8-12H2,1H3,(H,19,23). The van der Waals surface area contributed by atoms with E-state index in [1.165, 1.54) is 0 Å². The van der Waals surface area contributed by atoms with Crippen LogP contribution in [-0.4, -0.2) is 40.4 Å². The molecule has 1 aliphatic carbocycles. The van der Waals surface area contributed by atoms with Gasteiger partial charge in [-0.05, 0) is 18.4 Å². The quantitative estimate of drug-likeness (QED) is 0.829. The minimum atomic E-state index is -0.401. The van der Waals surface area contributed by atoms with E-state index in [1.807, 2.05) is 30.3 Å². The first-order chi connectivity index (χ1) is 12.1. The zero-order valence-electron chi connectivity index (χ0n) is 14.3. The number of nitrogens with one attached hydrogen (secondary N) is 1. The first-order valence-electron chi connectivity index (χ1n) is 8.53. The fourth-order valence-electron chi connectivity index (χ4n) is 2.65. The molecule has 7 nitrogen and oxygen atoms in total. The van der Waals surface area contributed by atoms with Crippen LogP contribution in [0.2, 0.25) is 0 Å². The SMILES string of the molecule is CN(CCc1noc(C(=O)NCc2ccccc2)n1)C(=O)C1CCC1. The fraction of sp³-hybridized carbons (Fsp3) is 0.444. The third-order valence-electron chi connectivity index (χ3n) is 4.46. The average molecular weight is 342 g/mol. The molecule has 2 amide bonds. The van der Waals surface area contributed by atoms with Crippen LogP contribution in [0.4, 0.5) is 0 Å². The Bertz CT molecular complexity index is 725. The van der Waals surface area contributed by atoms with Gasteiger partial charge in [0.05, 0.1) is 0 Å². The molecule has 132 valence electrons. The number of carbonyl (C=O) groups excluding carboxylic acids is 2. The lowest BCUT2D eigenvalue weighted by atomic mass is 9.84. The molecule has 0 bridgehead atoms. The third kappa shape index (κ3) is 4.43. The Labute approximate surface area is 146 Å². The average Bonchev–Trinajstić information content (AvgIpc) is 3.06. The van der Waals surface area contributed by atoms with E-state index in [2.05, 4.69) is 15.5 Å². The molecule has 3 rings (SSSR count). The zero-order valence-corrected chi connectivity index (χ0v) is 14.3. The van der Waals surface area contributed by atoms with E-state index in [4.69, 9.17) is 4.52 Å². The molecule has 0 saturated heterocycles. The number of likely N-dealkylation sites (N-methyl/N-ethyl adjacent to an activating group) is 1. The van der Waals surface area contributed by atoms with Crippen molar-refractivity contribution in [2.45, 2.75) is 32.2 Å². The van der Waals surface area contributed by atoms with Crippen LogP contribution in [0.5, 0.6) is 0 Å². The highest BCUT2D eigenvalue weighted by Crippen LogP contribution is 2.27. The molecule has 0 atom stereocenters. The Balaban J connectivity index is 1.46. The number of nitrogens with zero attached hydrogens (tertiary/aromatic N) is 3. The van der Waals surface area contributed by atoms with Crippen molar-refractivity contribution in [1.82, 2.24) is 20.4 Å². The number of hydrogen-bond acceptors (Lipinski definition) is 5. The van der Waals surface area contributed by atoms with Gasteiger partial charge in [-0.2, -0.15) is 4.98 Å². The Hall–Kier alpha value is -2.70. The Morgan fingerprint density at radius 2 is 2.04 bits per heavy atom. The minimum absolute atomic E-state index is 0.0566. The van der Waals surface area contributed by atoms with E-state index >= 15 is 0 Å². The molecule has 1 heterocycles. The van der Waals surface area contributed by atoms with Gasteiger partial charge in [0, 0.05) is 32.5 Å². The van der Waals surface area contributed by atoms with Gasteiger partial charge in [-0.1, -0.05) is 41.9 Å². The molecule has 1 aliphatic rings. The van der Waals surface area contributed by atoms with Crippen LogP contribution >= 0.6 is 0 Å². The Kier molecular flexibility index (Phi) is 5.42. The Morgan fingerprint density at radius 1 is 1.28 bits per heavy atom. The second-order valence-electron chi connectivity index (χ2n) is 6.32. The lowest BCUT2D eigenvalue weighted by Gasteiger charge is -2.28. The molecule has 1 aromatic heterocycles. The Morgan fingerprint density at radius 3 is 2.72 bits per heavy atom. The summed E-state index contributed by atoms with van der Waals surface area (Å²) in [5.74, 6) is 0.323. The molecule has 0 radical (unpaired) electrons. The van der Waals surface area contributed by atoms with Crippen LogP contribution in [-0.2, 0) is 17.8 Å². The molecule has 1 N–H and O–H groups in total. The highest BCUT2D eigenvalue weighted by atomic mass is 16.5. The fourth-order valence-corrected chi connectivity index (χ4v) is 2.65. The monoisotopic (exact) mass is 342 g/mol. The lowest BCUT2D eigenvalue weighted by Crippen LogP contribution is -2.37. The van der Waals surface area contributed by atoms with E-state index in [0.29, 0.717) is 25.3 Å². The summed E-state index contributed by atoms with van der Waals surface area (Å²) in [4.78, 5) is 29.9. The van der Waals surface area contributed by atoms with Gasteiger partial charge in [-0.3, -0.25) is 9.59 Å². The van der Waals surface area contributed by atoms with E-state index in [9.17, 15) is 9.59 Å². The number of amides is 2. The summed E-state index contributed by atoms with van der Waals surface area (Å²) in [5.41, 5.74) is 0.992. The minimum Gasteiger partial charge on any atom is -0.345 e. The number of aromatic nitrogens is 2. The number of carbonyl (C=O) groups is 2. The smallest absolute Gasteiger partial charge is 0.315 e. The molecule has 1 aromatic carbocycles. The van der Waals surface area contributed by atoms with Crippen LogP contribution in [0.3, 0.4) is 0 Å².